The lowest BCUT2D eigenvalue weighted by atomic mass is 10.4. The van der Waals surface area contributed by atoms with Gasteiger partial charge in [-0.25, -0.2) is 22.5 Å². The van der Waals surface area contributed by atoms with Gasteiger partial charge in [-0.05, 0) is 31.2 Å². The summed E-state index contributed by atoms with van der Waals surface area (Å²) in [5.74, 6) is -1.13. The molecule has 0 saturated heterocycles. The number of aryl methyl sites for hydroxylation is 1. The van der Waals surface area contributed by atoms with Crippen LogP contribution in [0.15, 0.2) is 29.2 Å². The predicted molar refractivity (Wildman–Crippen MR) is 80.9 cm³/mol. The summed E-state index contributed by atoms with van der Waals surface area (Å²) < 4.78 is 25.8. The molecule has 0 aliphatic carbocycles. The molecule has 2 aromatic rings. The largest absolute Gasteiger partial charge is 0.477 e. The Bertz CT molecular complexity index is 784. The molecule has 0 aliphatic rings. The van der Waals surface area contributed by atoms with Crippen LogP contribution in [0, 0.1) is 6.92 Å². The summed E-state index contributed by atoms with van der Waals surface area (Å²) in [5.41, 5.74) is 0.278. The van der Waals surface area contributed by atoms with Gasteiger partial charge in [-0.15, -0.1) is 0 Å². The zero-order valence-corrected chi connectivity index (χ0v) is 13.5. The highest BCUT2D eigenvalue weighted by Crippen LogP contribution is 2.29. The standard InChI is InChI=1S/C12H11ClN2O4S2/c1-7-10(11(16)17)20-12(14-7)15(2)21(18,19)9-5-3-8(13)4-6-9/h3-6H,1-2H3,(H,16,17). The molecule has 2 rings (SSSR count). The van der Waals surface area contributed by atoms with Gasteiger partial charge in [-0.2, -0.15) is 0 Å². The van der Waals surface area contributed by atoms with E-state index >= 15 is 0 Å². The van der Waals surface area contributed by atoms with Gasteiger partial charge >= 0.3 is 5.97 Å². The van der Waals surface area contributed by atoms with Crippen LogP contribution in [0.4, 0.5) is 5.13 Å². The maximum absolute atomic E-state index is 12.4. The Balaban J connectivity index is 2.43. The first-order chi connectivity index (χ1) is 9.73. The molecule has 112 valence electrons. The second kappa shape index (κ2) is 5.63. The van der Waals surface area contributed by atoms with Crippen molar-refractivity contribution in [3.05, 3.63) is 39.9 Å². The smallest absolute Gasteiger partial charge is 0.347 e. The van der Waals surface area contributed by atoms with E-state index in [1.165, 1.54) is 38.2 Å². The van der Waals surface area contributed by atoms with E-state index in [-0.39, 0.29) is 20.6 Å². The summed E-state index contributed by atoms with van der Waals surface area (Å²) in [6.45, 7) is 1.52. The van der Waals surface area contributed by atoms with Crippen LogP contribution in [0.1, 0.15) is 15.4 Å². The molecule has 21 heavy (non-hydrogen) atoms. The van der Waals surface area contributed by atoms with E-state index in [0.717, 1.165) is 15.6 Å². The predicted octanol–water partition coefficient (Wildman–Crippen LogP) is 2.63. The summed E-state index contributed by atoms with van der Waals surface area (Å²) in [5, 5.41) is 9.52. The number of nitrogens with zero attached hydrogens (tertiary/aromatic N) is 2. The lowest BCUT2D eigenvalue weighted by Crippen LogP contribution is -2.26. The minimum Gasteiger partial charge on any atom is -0.477 e. The molecule has 1 N–H and O–H groups in total. The van der Waals surface area contributed by atoms with Crippen molar-refractivity contribution in [1.29, 1.82) is 0 Å². The van der Waals surface area contributed by atoms with E-state index in [1.54, 1.807) is 0 Å². The number of sulfonamides is 1. The third-order valence-electron chi connectivity index (χ3n) is 2.72. The number of benzene rings is 1. The molecule has 0 fully saturated rings. The fourth-order valence-corrected chi connectivity index (χ4v) is 3.93. The third-order valence-corrected chi connectivity index (χ3v) is 6.07. The summed E-state index contributed by atoms with van der Waals surface area (Å²) in [7, 11) is -2.48. The van der Waals surface area contributed by atoms with Gasteiger partial charge in [0.2, 0.25) is 0 Å². The molecule has 0 radical (unpaired) electrons. The number of thiazole rings is 1. The van der Waals surface area contributed by atoms with Gasteiger partial charge in [-0.1, -0.05) is 22.9 Å². The molecule has 0 amide bonds. The van der Waals surface area contributed by atoms with E-state index in [0.29, 0.717) is 5.02 Å². The number of carboxylic acids is 1. The average Bonchev–Trinajstić information content (AvgIpc) is 2.80. The fourth-order valence-electron chi connectivity index (χ4n) is 1.58. The lowest BCUT2D eigenvalue weighted by Gasteiger charge is -2.16. The van der Waals surface area contributed by atoms with Crippen LogP contribution < -0.4 is 4.31 Å². The van der Waals surface area contributed by atoms with Crippen LogP contribution in [0.2, 0.25) is 5.02 Å². The van der Waals surface area contributed by atoms with Gasteiger partial charge in [0.25, 0.3) is 10.0 Å². The second-order valence-electron chi connectivity index (χ2n) is 4.14. The van der Waals surface area contributed by atoms with Crippen LogP contribution in [0.5, 0.6) is 0 Å². The molecule has 0 spiro atoms. The number of hydrogen-bond donors (Lipinski definition) is 1. The van der Waals surface area contributed by atoms with Gasteiger partial charge < -0.3 is 5.11 Å². The van der Waals surface area contributed by atoms with Gasteiger partial charge in [0.15, 0.2) is 5.13 Å². The van der Waals surface area contributed by atoms with Crippen LogP contribution in [0.25, 0.3) is 0 Å². The molecule has 1 aromatic carbocycles. The fraction of sp³-hybridized carbons (Fsp3) is 0.167. The monoisotopic (exact) mass is 346 g/mol. The second-order valence-corrected chi connectivity index (χ2v) is 7.53. The minimum absolute atomic E-state index is 0.0168. The Kier molecular flexibility index (Phi) is 4.22. The quantitative estimate of drug-likeness (QED) is 0.919. The topological polar surface area (TPSA) is 87.6 Å². The average molecular weight is 347 g/mol. The molecule has 0 unspecified atom stereocenters. The highest BCUT2D eigenvalue weighted by molar-refractivity contribution is 7.93. The number of hydrogen-bond acceptors (Lipinski definition) is 5. The van der Waals surface area contributed by atoms with Crippen molar-refractivity contribution < 1.29 is 18.3 Å². The zero-order chi connectivity index (χ0) is 15.8. The van der Waals surface area contributed by atoms with Gasteiger partial charge in [0.05, 0.1) is 10.6 Å². The van der Waals surface area contributed by atoms with E-state index in [1.807, 2.05) is 0 Å². The lowest BCUT2D eigenvalue weighted by molar-refractivity contribution is 0.0701. The van der Waals surface area contributed by atoms with Crippen molar-refractivity contribution in [3.63, 3.8) is 0 Å². The van der Waals surface area contributed by atoms with Gasteiger partial charge in [0, 0.05) is 12.1 Å². The zero-order valence-electron chi connectivity index (χ0n) is 11.1. The Morgan fingerprint density at radius 1 is 1.33 bits per heavy atom. The van der Waals surface area contributed by atoms with E-state index in [9.17, 15) is 13.2 Å². The molecule has 1 heterocycles. The Morgan fingerprint density at radius 2 is 1.90 bits per heavy atom. The first-order valence-corrected chi connectivity index (χ1v) is 8.32. The Hall–Kier alpha value is -1.64. The van der Waals surface area contributed by atoms with Crippen molar-refractivity contribution >= 4 is 44.1 Å². The molecule has 0 saturated carbocycles. The van der Waals surface area contributed by atoms with Crippen molar-refractivity contribution in [2.45, 2.75) is 11.8 Å². The summed E-state index contributed by atoms with van der Waals surface area (Å²) >= 11 is 6.54. The number of halogens is 1. The molecule has 0 aliphatic heterocycles. The number of aromatic carboxylic acids is 1. The first kappa shape index (κ1) is 15.7. The number of carbonyl (C=O) groups is 1. The van der Waals surface area contributed by atoms with Crippen molar-refractivity contribution in [3.8, 4) is 0 Å². The van der Waals surface area contributed by atoms with Crippen LogP contribution in [0.3, 0.4) is 0 Å². The summed E-state index contributed by atoms with van der Waals surface area (Å²) in [4.78, 5) is 15.1. The summed E-state index contributed by atoms with van der Waals surface area (Å²) in [6, 6.07) is 5.70. The highest BCUT2D eigenvalue weighted by Gasteiger charge is 2.25. The van der Waals surface area contributed by atoms with E-state index in [2.05, 4.69) is 4.98 Å². The van der Waals surface area contributed by atoms with Crippen molar-refractivity contribution in [1.82, 2.24) is 4.98 Å². The number of carboxylic acid groups (broad SMARTS) is 1. The van der Waals surface area contributed by atoms with Crippen molar-refractivity contribution in [2.24, 2.45) is 0 Å². The number of anilines is 1. The molecular formula is C12H11ClN2O4S2. The Labute approximate surface area is 130 Å². The van der Waals surface area contributed by atoms with E-state index < -0.39 is 16.0 Å². The van der Waals surface area contributed by atoms with Gasteiger partial charge in [-0.3, -0.25) is 0 Å². The maximum atomic E-state index is 12.4. The molecule has 9 heteroatoms. The highest BCUT2D eigenvalue weighted by atomic mass is 35.5. The molecule has 0 atom stereocenters. The summed E-state index contributed by atoms with van der Waals surface area (Å²) in [6.07, 6.45) is 0. The molecule has 1 aromatic heterocycles. The number of rotatable bonds is 4. The number of aromatic nitrogens is 1. The molecule has 6 nitrogen and oxygen atoms in total. The van der Waals surface area contributed by atoms with Crippen LogP contribution in [-0.4, -0.2) is 31.5 Å². The molecular weight excluding hydrogens is 336 g/mol. The molecule has 0 bridgehead atoms. The normalized spacial score (nSPS) is 11.4. The van der Waals surface area contributed by atoms with Crippen molar-refractivity contribution in [2.75, 3.05) is 11.4 Å². The minimum atomic E-state index is -3.81. The van der Waals surface area contributed by atoms with Crippen LogP contribution >= 0.6 is 22.9 Å². The Morgan fingerprint density at radius 3 is 2.38 bits per heavy atom. The van der Waals surface area contributed by atoms with Gasteiger partial charge in [0.1, 0.15) is 4.88 Å². The third kappa shape index (κ3) is 3.02. The maximum Gasteiger partial charge on any atom is 0.347 e. The van der Waals surface area contributed by atoms with Crippen LogP contribution in [-0.2, 0) is 10.0 Å². The first-order valence-electron chi connectivity index (χ1n) is 5.68. The SMILES string of the molecule is Cc1nc(N(C)S(=O)(=O)c2ccc(Cl)cc2)sc1C(=O)O. The van der Waals surface area contributed by atoms with E-state index in [4.69, 9.17) is 16.7 Å².